The van der Waals surface area contributed by atoms with Gasteiger partial charge in [0, 0.05) is 31.1 Å². The fourth-order valence-electron chi connectivity index (χ4n) is 4.20. The van der Waals surface area contributed by atoms with Crippen LogP contribution in [0.2, 0.25) is 0 Å². The smallest absolute Gasteiger partial charge is 0.407 e. The summed E-state index contributed by atoms with van der Waals surface area (Å²) in [5, 5.41) is 6.09. The summed E-state index contributed by atoms with van der Waals surface area (Å²) in [4.78, 5) is 41.6. The lowest BCUT2D eigenvalue weighted by molar-refractivity contribution is -0.147. The van der Waals surface area contributed by atoms with E-state index in [4.69, 9.17) is 34.0 Å². The van der Waals surface area contributed by atoms with E-state index in [9.17, 15) is 14.4 Å². The fraction of sp³-hybridized carbons (Fsp3) is 0.690. The van der Waals surface area contributed by atoms with Crippen LogP contribution in [0.5, 0.6) is 5.75 Å². The lowest BCUT2D eigenvalue weighted by atomic mass is 9.94. The third kappa shape index (κ3) is 14.9. The van der Waals surface area contributed by atoms with Crippen LogP contribution in [-0.2, 0) is 46.2 Å². The second-order valence-corrected chi connectivity index (χ2v) is 10.8. The zero-order valence-corrected chi connectivity index (χ0v) is 25.7. The predicted molar refractivity (Wildman–Crippen MR) is 157 cm³/mol. The van der Waals surface area contributed by atoms with Gasteiger partial charge in [-0.3, -0.25) is 9.59 Å². The van der Waals surface area contributed by atoms with Gasteiger partial charge in [0.15, 0.2) is 0 Å². The van der Waals surface area contributed by atoms with E-state index >= 15 is 0 Å². The number of hydrogen-bond acceptors (Lipinski definition) is 10. The zero-order valence-electron chi connectivity index (χ0n) is 25.7. The van der Waals surface area contributed by atoms with E-state index < -0.39 is 23.6 Å². The van der Waals surface area contributed by atoms with Crippen LogP contribution in [0.4, 0.5) is 4.79 Å². The Hall–Kier alpha value is -3.58. The molecule has 1 aromatic carbocycles. The standard InChI is InChI=1S/C29H45N5O9/c1-29(2,3)43-28(37)31-8-5-11-42-25-7-6-22-18-23(20-26(35)38-4)27(36)34(21-24(22)19-25)10-13-40-15-17-41-16-14-39-12-9-32-33-30/h6-7,19,23H,5,8-18,20-21H2,1-4H3,(H,31,37)/t23-/m0/s1. The molecule has 14 nitrogen and oxygen atoms in total. The molecule has 0 aromatic heterocycles. The van der Waals surface area contributed by atoms with Crippen LogP contribution >= 0.6 is 0 Å². The fourth-order valence-corrected chi connectivity index (χ4v) is 4.20. The maximum atomic E-state index is 13.4. The number of nitrogens with zero attached hydrogens (tertiary/aromatic N) is 4. The predicted octanol–water partition coefficient (Wildman–Crippen LogP) is 3.40. The summed E-state index contributed by atoms with van der Waals surface area (Å²) in [7, 11) is 1.31. The van der Waals surface area contributed by atoms with Crippen molar-refractivity contribution < 1.29 is 42.8 Å². The first-order chi connectivity index (χ1) is 20.6. The molecule has 0 spiro atoms. The summed E-state index contributed by atoms with van der Waals surface area (Å²) < 4.78 is 32.4. The van der Waals surface area contributed by atoms with Crippen molar-refractivity contribution in [1.29, 1.82) is 0 Å². The highest BCUT2D eigenvalue weighted by Gasteiger charge is 2.31. The van der Waals surface area contributed by atoms with Crippen molar-refractivity contribution in [2.45, 2.75) is 52.2 Å². The number of ether oxygens (including phenoxy) is 6. The molecule has 1 atom stereocenters. The quantitative estimate of drug-likeness (QED) is 0.0814. The van der Waals surface area contributed by atoms with Crippen LogP contribution < -0.4 is 10.1 Å². The van der Waals surface area contributed by atoms with E-state index in [0.717, 1.165) is 11.1 Å². The average molecular weight is 608 g/mol. The van der Waals surface area contributed by atoms with Gasteiger partial charge in [0.05, 0.1) is 65.7 Å². The first-order valence-electron chi connectivity index (χ1n) is 14.4. The topological polar surface area (TPSA) is 171 Å². The molecule has 1 aliphatic heterocycles. The Morgan fingerprint density at radius 2 is 1.74 bits per heavy atom. The van der Waals surface area contributed by atoms with E-state index in [1.807, 2.05) is 39.0 Å². The molecular weight excluding hydrogens is 562 g/mol. The summed E-state index contributed by atoms with van der Waals surface area (Å²) in [6, 6.07) is 5.70. The minimum Gasteiger partial charge on any atom is -0.494 e. The van der Waals surface area contributed by atoms with Gasteiger partial charge in [-0.15, -0.1) is 0 Å². The molecule has 0 unspecified atom stereocenters. The Labute approximate surface area is 252 Å². The lowest BCUT2D eigenvalue weighted by Gasteiger charge is -2.24. The molecule has 0 fully saturated rings. The van der Waals surface area contributed by atoms with E-state index in [0.29, 0.717) is 84.5 Å². The average Bonchev–Trinajstić information content (AvgIpc) is 3.08. The number of alkyl carbamates (subject to hydrolysis) is 1. The van der Waals surface area contributed by atoms with Crippen LogP contribution in [0.25, 0.3) is 10.4 Å². The molecular formula is C29H45N5O9. The molecule has 0 aliphatic carbocycles. The van der Waals surface area contributed by atoms with Crippen LogP contribution in [0.15, 0.2) is 23.3 Å². The minimum atomic E-state index is -0.555. The van der Waals surface area contributed by atoms with Crippen LogP contribution in [0.3, 0.4) is 0 Å². The molecule has 1 N–H and O–H groups in total. The zero-order chi connectivity index (χ0) is 31.5. The largest absolute Gasteiger partial charge is 0.494 e. The van der Waals surface area contributed by atoms with Crippen LogP contribution in [-0.4, -0.2) is 101 Å². The van der Waals surface area contributed by atoms with Crippen molar-refractivity contribution in [2.24, 2.45) is 11.0 Å². The number of carbonyl (C=O) groups is 3. The van der Waals surface area contributed by atoms with Gasteiger partial charge in [-0.1, -0.05) is 11.2 Å². The molecule has 1 aromatic rings. The molecule has 2 amide bonds. The summed E-state index contributed by atoms with van der Waals surface area (Å²) >= 11 is 0. The molecule has 14 heteroatoms. The monoisotopic (exact) mass is 607 g/mol. The normalized spacial score (nSPS) is 14.7. The minimum absolute atomic E-state index is 0.00615. The molecule has 0 bridgehead atoms. The highest BCUT2D eigenvalue weighted by molar-refractivity contribution is 5.84. The van der Waals surface area contributed by atoms with Crippen LogP contribution in [0, 0.1) is 5.92 Å². The first-order valence-corrected chi connectivity index (χ1v) is 14.4. The molecule has 0 radical (unpaired) electrons. The summed E-state index contributed by atoms with van der Waals surface area (Å²) in [6.07, 6.45) is 0.534. The number of methoxy groups -OCH3 is 1. The summed E-state index contributed by atoms with van der Waals surface area (Å²) in [5.74, 6) is -0.446. The maximum absolute atomic E-state index is 13.4. The lowest BCUT2D eigenvalue weighted by Crippen LogP contribution is -2.38. The van der Waals surface area contributed by atoms with Gasteiger partial charge >= 0.3 is 12.1 Å². The van der Waals surface area contributed by atoms with Crippen molar-refractivity contribution in [1.82, 2.24) is 10.2 Å². The highest BCUT2D eigenvalue weighted by Crippen LogP contribution is 2.28. The number of azide groups is 1. The Morgan fingerprint density at radius 1 is 1.05 bits per heavy atom. The molecule has 2 rings (SSSR count). The van der Waals surface area contributed by atoms with Gasteiger partial charge in [-0.2, -0.15) is 0 Å². The number of rotatable bonds is 19. The molecule has 240 valence electrons. The second kappa shape index (κ2) is 19.6. The number of benzene rings is 1. The van der Waals surface area contributed by atoms with Gasteiger partial charge in [-0.25, -0.2) is 4.79 Å². The van der Waals surface area contributed by atoms with Gasteiger partial charge < -0.3 is 38.6 Å². The molecule has 1 heterocycles. The first kappa shape index (κ1) is 35.6. The Bertz CT molecular complexity index is 1070. The number of hydrogen-bond donors (Lipinski definition) is 1. The van der Waals surface area contributed by atoms with E-state index in [1.54, 1.807) is 4.90 Å². The van der Waals surface area contributed by atoms with Crippen molar-refractivity contribution >= 4 is 18.0 Å². The molecule has 0 saturated heterocycles. The van der Waals surface area contributed by atoms with E-state index in [2.05, 4.69) is 15.3 Å². The van der Waals surface area contributed by atoms with E-state index in [1.165, 1.54) is 7.11 Å². The van der Waals surface area contributed by atoms with Crippen molar-refractivity contribution in [2.75, 3.05) is 73.0 Å². The van der Waals surface area contributed by atoms with Gasteiger partial charge in [0.25, 0.3) is 0 Å². The highest BCUT2D eigenvalue weighted by atomic mass is 16.6. The van der Waals surface area contributed by atoms with Gasteiger partial charge in [0.1, 0.15) is 11.4 Å². The maximum Gasteiger partial charge on any atom is 0.407 e. The number of fused-ring (bicyclic) bond motifs is 1. The van der Waals surface area contributed by atoms with Gasteiger partial charge in [0.2, 0.25) is 5.91 Å². The Kier molecular flexibility index (Phi) is 16.2. The molecule has 1 aliphatic rings. The number of amides is 2. The Balaban J connectivity index is 1.85. The summed E-state index contributed by atoms with van der Waals surface area (Å²) in [5.41, 5.74) is 9.57. The Morgan fingerprint density at radius 3 is 2.42 bits per heavy atom. The van der Waals surface area contributed by atoms with Crippen molar-refractivity contribution in [3.8, 4) is 5.75 Å². The van der Waals surface area contributed by atoms with Crippen molar-refractivity contribution in [3.63, 3.8) is 0 Å². The number of esters is 1. The third-order valence-electron chi connectivity index (χ3n) is 6.21. The summed E-state index contributed by atoms with van der Waals surface area (Å²) in [6.45, 7) is 9.35. The number of nitrogens with one attached hydrogen (secondary N) is 1. The van der Waals surface area contributed by atoms with Gasteiger partial charge in [-0.05, 0) is 62.4 Å². The number of carbonyl (C=O) groups excluding carboxylic acids is 3. The SMILES string of the molecule is COC(=O)C[C@@H]1Cc2ccc(OCCCNC(=O)OC(C)(C)C)cc2CN(CCOCCOCCOCCN=[N+]=[N-])C1=O. The van der Waals surface area contributed by atoms with E-state index in [-0.39, 0.29) is 18.9 Å². The second-order valence-electron chi connectivity index (χ2n) is 10.8. The molecule has 43 heavy (non-hydrogen) atoms. The molecule has 0 saturated carbocycles. The third-order valence-corrected chi connectivity index (χ3v) is 6.21. The van der Waals surface area contributed by atoms with Crippen LogP contribution in [0.1, 0.15) is 44.7 Å². The van der Waals surface area contributed by atoms with Crippen molar-refractivity contribution in [3.05, 3.63) is 39.8 Å².